The van der Waals surface area contributed by atoms with Gasteiger partial charge in [0.05, 0.1) is 6.54 Å². The van der Waals surface area contributed by atoms with Crippen LogP contribution in [0.4, 0.5) is 4.79 Å². The summed E-state index contributed by atoms with van der Waals surface area (Å²) >= 11 is 0. The third kappa shape index (κ3) is 6.19. The number of ether oxygens (including phenoxy) is 1. The average Bonchev–Trinajstić information content (AvgIpc) is 2.33. The molecule has 0 aliphatic carbocycles. The summed E-state index contributed by atoms with van der Waals surface area (Å²) in [5.41, 5.74) is 0.927. The lowest BCUT2D eigenvalue weighted by atomic mass is 10.2. The Balaban J connectivity index is 2.11. The lowest BCUT2D eigenvalue weighted by Gasteiger charge is -2.06. The molecule has 0 spiro atoms. The number of amides is 2. The van der Waals surface area contributed by atoms with Gasteiger partial charge in [-0.1, -0.05) is 30.3 Å². The molecule has 0 saturated heterocycles. The molecule has 1 aromatic carbocycles. The Morgan fingerprint density at radius 3 is 2.65 bits per heavy atom. The normalized spacial score (nSPS) is 9.47. The van der Waals surface area contributed by atoms with Gasteiger partial charge < -0.3 is 10.1 Å². The average molecular weight is 235 g/mol. The second kappa shape index (κ2) is 7.27. The van der Waals surface area contributed by atoms with Gasteiger partial charge in [-0.2, -0.15) is 0 Å². The molecular formula is C12H15N2O3. The number of nitrogens with zero attached hydrogens (tertiary/aromatic N) is 1. The van der Waals surface area contributed by atoms with Crippen LogP contribution in [0, 0.1) is 0 Å². The number of benzene rings is 1. The molecule has 5 heteroatoms. The highest BCUT2D eigenvalue weighted by Crippen LogP contribution is 2.00. The minimum Gasteiger partial charge on any atom is -0.445 e. The fourth-order valence-corrected chi connectivity index (χ4v) is 1.15. The molecule has 17 heavy (non-hydrogen) atoms. The van der Waals surface area contributed by atoms with Crippen molar-refractivity contribution in [2.75, 3.05) is 13.1 Å². The van der Waals surface area contributed by atoms with Gasteiger partial charge in [-0.25, -0.2) is 10.1 Å². The first-order valence-corrected chi connectivity index (χ1v) is 5.31. The van der Waals surface area contributed by atoms with Gasteiger partial charge in [-0.3, -0.25) is 4.79 Å². The molecule has 0 fully saturated rings. The molecule has 1 N–H and O–H groups in total. The van der Waals surface area contributed by atoms with Crippen molar-refractivity contribution in [3.63, 3.8) is 0 Å². The largest absolute Gasteiger partial charge is 0.445 e. The molecule has 1 rings (SSSR count). The number of nitrogens with one attached hydrogen (secondary N) is 1. The van der Waals surface area contributed by atoms with Crippen LogP contribution in [0.5, 0.6) is 0 Å². The molecule has 0 heterocycles. The Kier molecular flexibility index (Phi) is 5.57. The van der Waals surface area contributed by atoms with Crippen LogP contribution in [-0.4, -0.2) is 25.1 Å². The van der Waals surface area contributed by atoms with E-state index in [9.17, 15) is 9.59 Å². The molecule has 0 aliphatic heterocycles. The molecule has 2 amide bonds. The maximum atomic E-state index is 11.2. The minimum absolute atomic E-state index is 0.233. The molecular weight excluding hydrogens is 220 g/mol. The maximum Gasteiger partial charge on any atom is 0.407 e. The molecule has 5 nitrogen and oxygen atoms in total. The van der Waals surface area contributed by atoms with Crippen molar-refractivity contribution in [2.24, 2.45) is 0 Å². The summed E-state index contributed by atoms with van der Waals surface area (Å²) in [5.74, 6) is -0.246. The molecule has 0 aromatic heterocycles. The predicted octanol–water partition coefficient (Wildman–Crippen LogP) is 1.06. The number of hydrogen-bond acceptors (Lipinski definition) is 3. The van der Waals surface area contributed by atoms with Crippen molar-refractivity contribution in [3.05, 3.63) is 35.9 Å². The van der Waals surface area contributed by atoms with Gasteiger partial charge >= 0.3 is 6.09 Å². The second-order valence-electron chi connectivity index (χ2n) is 3.39. The van der Waals surface area contributed by atoms with Gasteiger partial charge in [0.1, 0.15) is 6.61 Å². The summed E-state index contributed by atoms with van der Waals surface area (Å²) in [4.78, 5) is 21.7. The second-order valence-corrected chi connectivity index (χ2v) is 3.39. The van der Waals surface area contributed by atoms with E-state index >= 15 is 0 Å². The van der Waals surface area contributed by atoms with E-state index in [-0.39, 0.29) is 19.1 Å². The van der Waals surface area contributed by atoms with Crippen molar-refractivity contribution < 1.29 is 14.3 Å². The summed E-state index contributed by atoms with van der Waals surface area (Å²) in [6, 6.07) is 9.40. The lowest BCUT2D eigenvalue weighted by molar-refractivity contribution is -0.119. The zero-order valence-corrected chi connectivity index (χ0v) is 9.68. The number of carbonyl (C=O) groups excluding carboxylic acids is 2. The van der Waals surface area contributed by atoms with Crippen LogP contribution in [0.1, 0.15) is 12.5 Å². The molecule has 91 valence electrons. The Labute approximate surface area is 100 Å². The van der Waals surface area contributed by atoms with Gasteiger partial charge in [0, 0.05) is 13.5 Å². The van der Waals surface area contributed by atoms with Crippen molar-refractivity contribution in [2.45, 2.75) is 13.5 Å². The first kappa shape index (κ1) is 13.0. The zero-order chi connectivity index (χ0) is 12.5. The summed E-state index contributed by atoms with van der Waals surface area (Å²) < 4.78 is 4.96. The van der Waals surface area contributed by atoms with Crippen LogP contribution >= 0.6 is 0 Å². The SMILES string of the molecule is CC(=O)[N]CCNC(=O)OCc1ccccc1. The fourth-order valence-electron chi connectivity index (χ4n) is 1.15. The van der Waals surface area contributed by atoms with Crippen molar-refractivity contribution >= 4 is 12.0 Å². The van der Waals surface area contributed by atoms with Crippen molar-refractivity contribution in [3.8, 4) is 0 Å². The third-order valence-corrected chi connectivity index (χ3v) is 1.93. The van der Waals surface area contributed by atoms with Crippen LogP contribution in [0.2, 0.25) is 0 Å². The van der Waals surface area contributed by atoms with Crippen molar-refractivity contribution in [1.82, 2.24) is 10.6 Å². The quantitative estimate of drug-likeness (QED) is 0.776. The number of rotatable bonds is 5. The van der Waals surface area contributed by atoms with Crippen molar-refractivity contribution in [1.29, 1.82) is 0 Å². The molecule has 0 unspecified atom stereocenters. The molecule has 0 saturated carbocycles. The van der Waals surface area contributed by atoms with E-state index in [2.05, 4.69) is 10.6 Å². The van der Waals surface area contributed by atoms with Crippen LogP contribution in [0.15, 0.2) is 30.3 Å². The molecule has 1 aromatic rings. The fraction of sp³-hybridized carbons (Fsp3) is 0.333. The van der Waals surface area contributed by atoms with Crippen LogP contribution < -0.4 is 10.6 Å². The molecule has 0 bridgehead atoms. The number of alkyl carbamates (subject to hydrolysis) is 1. The lowest BCUT2D eigenvalue weighted by Crippen LogP contribution is -2.30. The summed E-state index contributed by atoms with van der Waals surface area (Å²) in [7, 11) is 0. The van der Waals surface area contributed by atoms with E-state index in [1.807, 2.05) is 30.3 Å². The van der Waals surface area contributed by atoms with E-state index in [0.717, 1.165) is 5.56 Å². The van der Waals surface area contributed by atoms with Crippen LogP contribution in [0.25, 0.3) is 0 Å². The number of carbonyl (C=O) groups is 2. The number of hydrogen-bond donors (Lipinski definition) is 1. The molecule has 0 aliphatic rings. The standard InChI is InChI=1S/C12H15N2O3/c1-10(15)13-7-8-14-12(16)17-9-11-5-3-2-4-6-11/h2-6H,7-9H2,1H3,(H,14,16). The minimum atomic E-state index is -0.507. The first-order chi connectivity index (χ1) is 8.18. The Morgan fingerprint density at radius 1 is 1.29 bits per heavy atom. The first-order valence-electron chi connectivity index (χ1n) is 5.31. The molecule has 1 radical (unpaired) electrons. The summed E-state index contributed by atoms with van der Waals surface area (Å²) in [5, 5.41) is 6.11. The third-order valence-electron chi connectivity index (χ3n) is 1.93. The zero-order valence-electron chi connectivity index (χ0n) is 9.68. The Morgan fingerprint density at radius 2 is 2.00 bits per heavy atom. The van der Waals surface area contributed by atoms with E-state index in [0.29, 0.717) is 6.54 Å². The van der Waals surface area contributed by atoms with E-state index in [4.69, 9.17) is 4.74 Å². The van der Waals surface area contributed by atoms with Gasteiger partial charge in [0.25, 0.3) is 0 Å². The topological polar surface area (TPSA) is 69.5 Å². The Hall–Kier alpha value is -2.04. The van der Waals surface area contributed by atoms with Gasteiger partial charge in [-0.15, -0.1) is 0 Å². The van der Waals surface area contributed by atoms with Crippen LogP contribution in [-0.2, 0) is 16.1 Å². The van der Waals surface area contributed by atoms with Gasteiger partial charge in [0.15, 0.2) is 0 Å². The highest BCUT2D eigenvalue weighted by Gasteiger charge is 2.01. The molecule has 0 atom stereocenters. The summed E-state index contributed by atoms with van der Waals surface area (Å²) in [6.45, 7) is 2.17. The summed E-state index contributed by atoms with van der Waals surface area (Å²) in [6.07, 6.45) is -0.507. The highest BCUT2D eigenvalue weighted by molar-refractivity contribution is 5.72. The van der Waals surface area contributed by atoms with E-state index in [1.165, 1.54) is 6.92 Å². The monoisotopic (exact) mass is 235 g/mol. The predicted molar refractivity (Wildman–Crippen MR) is 62.3 cm³/mol. The van der Waals surface area contributed by atoms with E-state index < -0.39 is 6.09 Å². The Bertz CT molecular complexity index is 365. The van der Waals surface area contributed by atoms with E-state index in [1.54, 1.807) is 0 Å². The van der Waals surface area contributed by atoms with Gasteiger partial charge in [-0.05, 0) is 5.56 Å². The van der Waals surface area contributed by atoms with Gasteiger partial charge in [0.2, 0.25) is 5.91 Å². The maximum absolute atomic E-state index is 11.2. The highest BCUT2D eigenvalue weighted by atomic mass is 16.5. The van der Waals surface area contributed by atoms with Crippen LogP contribution in [0.3, 0.4) is 0 Å². The smallest absolute Gasteiger partial charge is 0.407 e.